The van der Waals surface area contributed by atoms with E-state index in [4.69, 9.17) is 0 Å². The Morgan fingerprint density at radius 2 is 1.92 bits per heavy atom. The van der Waals surface area contributed by atoms with Gasteiger partial charge in [0.2, 0.25) is 5.56 Å². The number of amides is 3. The number of benzene rings is 1. The lowest BCUT2D eigenvalue weighted by Gasteiger charge is -2.16. The van der Waals surface area contributed by atoms with Gasteiger partial charge >= 0.3 is 6.03 Å². The van der Waals surface area contributed by atoms with E-state index in [1.165, 1.54) is 18.3 Å². The maximum Gasteiger partial charge on any atom is 0.321 e. The first kappa shape index (κ1) is 16.8. The summed E-state index contributed by atoms with van der Waals surface area (Å²) in [6, 6.07) is 10.1. The SMILES string of the molecule is O=C(NCc1cccc(NC(=O)N2CCCC2)c1)c1ccc(=O)[nH]c1. The number of likely N-dealkylation sites (tertiary alicyclic amines) is 1. The number of hydrogen-bond donors (Lipinski definition) is 3. The van der Waals surface area contributed by atoms with Gasteiger partial charge in [0.05, 0.1) is 5.56 Å². The van der Waals surface area contributed by atoms with Crippen LogP contribution in [0.1, 0.15) is 28.8 Å². The van der Waals surface area contributed by atoms with Gasteiger partial charge in [-0.15, -0.1) is 0 Å². The predicted molar refractivity (Wildman–Crippen MR) is 94.5 cm³/mol. The fourth-order valence-corrected chi connectivity index (χ4v) is 2.72. The Morgan fingerprint density at radius 3 is 2.64 bits per heavy atom. The Kier molecular flexibility index (Phi) is 5.13. The first-order valence-corrected chi connectivity index (χ1v) is 8.23. The van der Waals surface area contributed by atoms with Gasteiger partial charge in [0.15, 0.2) is 0 Å². The van der Waals surface area contributed by atoms with Gasteiger partial charge in [0, 0.05) is 37.6 Å². The highest BCUT2D eigenvalue weighted by atomic mass is 16.2. The fraction of sp³-hybridized carbons (Fsp3) is 0.278. The Labute approximate surface area is 145 Å². The number of nitrogens with zero attached hydrogens (tertiary/aromatic N) is 1. The number of H-pyrrole nitrogens is 1. The number of carbonyl (C=O) groups excluding carboxylic acids is 2. The van der Waals surface area contributed by atoms with Crippen LogP contribution in [0, 0.1) is 0 Å². The first-order chi connectivity index (χ1) is 12.1. The van der Waals surface area contributed by atoms with Gasteiger partial charge in [-0.25, -0.2) is 4.79 Å². The largest absolute Gasteiger partial charge is 0.348 e. The van der Waals surface area contributed by atoms with Crippen molar-refractivity contribution in [2.24, 2.45) is 0 Å². The van der Waals surface area contributed by atoms with E-state index in [9.17, 15) is 14.4 Å². The number of urea groups is 1. The van der Waals surface area contributed by atoms with Crippen LogP contribution in [-0.2, 0) is 6.54 Å². The minimum absolute atomic E-state index is 0.0908. The molecule has 1 aromatic heterocycles. The molecule has 3 amide bonds. The summed E-state index contributed by atoms with van der Waals surface area (Å²) in [7, 11) is 0. The number of pyridine rings is 1. The van der Waals surface area contributed by atoms with E-state index in [2.05, 4.69) is 15.6 Å². The molecule has 0 bridgehead atoms. The molecule has 2 aromatic rings. The molecule has 0 saturated carbocycles. The molecule has 1 aliphatic heterocycles. The van der Waals surface area contributed by atoms with Crippen LogP contribution in [-0.4, -0.2) is 34.9 Å². The summed E-state index contributed by atoms with van der Waals surface area (Å²) in [4.78, 5) is 39.5. The van der Waals surface area contributed by atoms with Crippen molar-refractivity contribution in [1.82, 2.24) is 15.2 Å². The van der Waals surface area contributed by atoms with Crippen LogP contribution in [0.25, 0.3) is 0 Å². The smallest absolute Gasteiger partial charge is 0.321 e. The maximum atomic E-state index is 12.1. The van der Waals surface area contributed by atoms with Crippen LogP contribution in [0.4, 0.5) is 10.5 Å². The lowest BCUT2D eigenvalue weighted by atomic mass is 10.2. The first-order valence-electron chi connectivity index (χ1n) is 8.23. The zero-order chi connectivity index (χ0) is 17.6. The normalized spacial score (nSPS) is 13.5. The third-order valence-corrected chi connectivity index (χ3v) is 4.07. The third kappa shape index (κ3) is 4.47. The number of nitrogens with one attached hydrogen (secondary N) is 3. The average Bonchev–Trinajstić information content (AvgIpc) is 3.15. The van der Waals surface area contributed by atoms with E-state index in [0.29, 0.717) is 17.8 Å². The van der Waals surface area contributed by atoms with Gasteiger partial charge < -0.3 is 20.5 Å². The molecule has 7 nitrogen and oxygen atoms in total. The maximum absolute atomic E-state index is 12.1. The highest BCUT2D eigenvalue weighted by Gasteiger charge is 2.17. The second kappa shape index (κ2) is 7.65. The lowest BCUT2D eigenvalue weighted by Crippen LogP contribution is -2.32. The molecule has 7 heteroatoms. The summed E-state index contributed by atoms with van der Waals surface area (Å²) in [5.41, 5.74) is 1.71. The summed E-state index contributed by atoms with van der Waals surface area (Å²) in [6.45, 7) is 1.91. The minimum atomic E-state index is -0.275. The average molecular weight is 340 g/mol. The fourth-order valence-electron chi connectivity index (χ4n) is 2.72. The second-order valence-corrected chi connectivity index (χ2v) is 5.95. The number of hydrogen-bond acceptors (Lipinski definition) is 3. The summed E-state index contributed by atoms with van der Waals surface area (Å²) < 4.78 is 0. The van der Waals surface area contributed by atoms with Gasteiger partial charge in [-0.2, -0.15) is 0 Å². The molecular formula is C18H20N4O3. The van der Waals surface area contributed by atoms with Crippen LogP contribution in [0.5, 0.6) is 0 Å². The van der Waals surface area contributed by atoms with Gasteiger partial charge in [-0.05, 0) is 36.6 Å². The Hall–Kier alpha value is -3.09. The highest BCUT2D eigenvalue weighted by Crippen LogP contribution is 2.14. The molecule has 1 saturated heterocycles. The van der Waals surface area contributed by atoms with Crippen LogP contribution in [0.2, 0.25) is 0 Å². The molecule has 1 fully saturated rings. The lowest BCUT2D eigenvalue weighted by molar-refractivity contribution is 0.0950. The second-order valence-electron chi connectivity index (χ2n) is 5.95. The Bertz CT molecular complexity index is 805. The Balaban J connectivity index is 1.57. The van der Waals surface area contributed by atoms with Gasteiger partial charge in [0.25, 0.3) is 5.91 Å². The van der Waals surface area contributed by atoms with Crippen molar-refractivity contribution in [2.75, 3.05) is 18.4 Å². The summed E-state index contributed by atoms with van der Waals surface area (Å²) in [5, 5.41) is 5.67. The van der Waals surface area contributed by atoms with Crippen LogP contribution < -0.4 is 16.2 Å². The van der Waals surface area contributed by atoms with E-state index in [0.717, 1.165) is 31.5 Å². The molecule has 0 unspecified atom stereocenters. The molecule has 0 radical (unpaired) electrons. The van der Waals surface area contributed by atoms with Crippen molar-refractivity contribution in [3.8, 4) is 0 Å². The van der Waals surface area contributed by atoms with Gasteiger partial charge in [-0.3, -0.25) is 9.59 Å². The van der Waals surface area contributed by atoms with E-state index in [-0.39, 0.29) is 17.5 Å². The molecule has 0 atom stereocenters. The molecule has 2 heterocycles. The van der Waals surface area contributed by atoms with Crippen molar-refractivity contribution < 1.29 is 9.59 Å². The molecule has 0 spiro atoms. The minimum Gasteiger partial charge on any atom is -0.348 e. The van der Waals surface area contributed by atoms with Crippen molar-refractivity contribution in [3.63, 3.8) is 0 Å². The van der Waals surface area contributed by atoms with E-state index >= 15 is 0 Å². The molecular weight excluding hydrogens is 320 g/mol. The van der Waals surface area contributed by atoms with E-state index in [1.807, 2.05) is 24.3 Å². The van der Waals surface area contributed by atoms with Crippen molar-refractivity contribution in [3.05, 3.63) is 64.1 Å². The van der Waals surface area contributed by atoms with Crippen LogP contribution in [0.3, 0.4) is 0 Å². The standard InChI is InChI=1S/C18H20N4O3/c23-16-7-6-14(12-19-16)17(24)20-11-13-4-3-5-15(10-13)21-18(25)22-8-1-2-9-22/h3-7,10,12H,1-2,8-9,11H2,(H,19,23)(H,20,24)(H,21,25). The number of carbonyl (C=O) groups is 2. The van der Waals surface area contributed by atoms with Crippen LogP contribution in [0.15, 0.2) is 47.4 Å². The molecule has 130 valence electrons. The number of anilines is 1. The molecule has 3 rings (SSSR count). The predicted octanol–water partition coefficient (Wildman–Crippen LogP) is 1.93. The number of aromatic nitrogens is 1. The molecule has 1 aliphatic rings. The van der Waals surface area contributed by atoms with Crippen molar-refractivity contribution in [2.45, 2.75) is 19.4 Å². The van der Waals surface area contributed by atoms with E-state index in [1.54, 1.807) is 4.90 Å². The van der Waals surface area contributed by atoms with E-state index < -0.39 is 0 Å². The zero-order valence-electron chi connectivity index (χ0n) is 13.7. The summed E-state index contributed by atoms with van der Waals surface area (Å²) in [5.74, 6) is -0.275. The van der Waals surface area contributed by atoms with Gasteiger partial charge in [0.1, 0.15) is 0 Å². The monoisotopic (exact) mass is 340 g/mol. The number of rotatable bonds is 4. The number of aromatic amines is 1. The summed E-state index contributed by atoms with van der Waals surface area (Å²) >= 11 is 0. The van der Waals surface area contributed by atoms with Gasteiger partial charge in [-0.1, -0.05) is 12.1 Å². The zero-order valence-corrected chi connectivity index (χ0v) is 13.7. The quantitative estimate of drug-likeness (QED) is 0.794. The molecule has 3 N–H and O–H groups in total. The molecule has 1 aromatic carbocycles. The molecule has 0 aliphatic carbocycles. The van der Waals surface area contributed by atoms with Crippen molar-refractivity contribution in [1.29, 1.82) is 0 Å². The Morgan fingerprint density at radius 1 is 1.12 bits per heavy atom. The van der Waals surface area contributed by atoms with Crippen LogP contribution >= 0.6 is 0 Å². The third-order valence-electron chi connectivity index (χ3n) is 4.07. The molecule has 25 heavy (non-hydrogen) atoms. The highest BCUT2D eigenvalue weighted by molar-refractivity contribution is 5.93. The topological polar surface area (TPSA) is 94.3 Å². The summed E-state index contributed by atoms with van der Waals surface area (Å²) in [6.07, 6.45) is 3.47. The van der Waals surface area contributed by atoms with Crippen molar-refractivity contribution >= 4 is 17.6 Å².